The van der Waals surface area contributed by atoms with Crippen LogP contribution in [0, 0.1) is 5.92 Å². The lowest BCUT2D eigenvalue weighted by Crippen LogP contribution is -2.44. The highest BCUT2D eigenvalue weighted by molar-refractivity contribution is 7.98. The fourth-order valence-electron chi connectivity index (χ4n) is 4.64. The van der Waals surface area contributed by atoms with Crippen LogP contribution in [0.4, 0.5) is 5.82 Å². The van der Waals surface area contributed by atoms with Crippen LogP contribution in [0.5, 0.6) is 0 Å². The van der Waals surface area contributed by atoms with Crippen molar-refractivity contribution in [3.05, 3.63) is 16.8 Å². The molecule has 166 valence electrons. The van der Waals surface area contributed by atoms with Gasteiger partial charge in [0, 0.05) is 49.2 Å². The maximum atomic E-state index is 6.23. The molecule has 0 amide bonds. The fraction of sp³-hybridized carbons (Fsp3) is 0.609. The number of fused-ring (bicyclic) bond motifs is 5. The van der Waals surface area contributed by atoms with Gasteiger partial charge in [-0.3, -0.25) is 0 Å². The van der Waals surface area contributed by atoms with Crippen LogP contribution >= 0.6 is 23.1 Å². The third-order valence-corrected chi connectivity index (χ3v) is 7.75. The third kappa shape index (κ3) is 3.92. The highest BCUT2D eigenvalue weighted by Crippen LogP contribution is 2.43. The van der Waals surface area contributed by atoms with Gasteiger partial charge in [-0.15, -0.1) is 11.3 Å². The third-order valence-electron chi connectivity index (χ3n) is 6.14. The Hall–Kier alpha value is -1.48. The lowest BCUT2D eigenvalue weighted by atomic mass is 9.88. The molecule has 2 aliphatic heterocycles. The minimum absolute atomic E-state index is 0.179. The number of hydrogen-bond donors (Lipinski definition) is 1. The predicted molar refractivity (Wildman–Crippen MR) is 131 cm³/mol. The number of thioether (sulfide) groups is 1. The average Bonchev–Trinajstić information content (AvgIpc) is 3.10. The second kappa shape index (κ2) is 8.14. The summed E-state index contributed by atoms with van der Waals surface area (Å²) in [6.07, 6.45) is 3.92. The molecule has 6 nitrogen and oxygen atoms in total. The molecular weight excluding hydrogens is 426 g/mol. The molecule has 2 aliphatic rings. The maximum absolute atomic E-state index is 6.23. The second-order valence-corrected chi connectivity index (χ2v) is 11.3. The number of thiophene rings is 1. The zero-order valence-electron chi connectivity index (χ0n) is 19.0. The molecule has 1 N–H and O–H groups in total. The number of rotatable bonds is 4. The first-order valence-corrected chi connectivity index (χ1v) is 13.2. The Morgan fingerprint density at radius 1 is 1.16 bits per heavy atom. The van der Waals surface area contributed by atoms with Gasteiger partial charge in [-0.25, -0.2) is 15.0 Å². The molecular formula is C23H31N5OS2. The molecule has 0 spiro atoms. The number of piperazine rings is 1. The minimum Gasteiger partial charge on any atom is -0.370 e. The van der Waals surface area contributed by atoms with Crippen LogP contribution in [0.25, 0.3) is 20.4 Å². The quantitative estimate of drug-likeness (QED) is 0.459. The molecule has 0 saturated carbocycles. The van der Waals surface area contributed by atoms with Crippen molar-refractivity contribution < 1.29 is 4.74 Å². The molecule has 0 radical (unpaired) electrons. The van der Waals surface area contributed by atoms with Gasteiger partial charge < -0.3 is 15.0 Å². The predicted octanol–water partition coefficient (Wildman–Crippen LogP) is 4.42. The maximum Gasteiger partial charge on any atom is 0.189 e. The normalized spacial score (nSPS) is 18.8. The fourth-order valence-corrected chi connectivity index (χ4v) is 6.19. The lowest BCUT2D eigenvalue weighted by Gasteiger charge is -2.33. The summed E-state index contributed by atoms with van der Waals surface area (Å²) >= 11 is 3.38. The van der Waals surface area contributed by atoms with E-state index in [0.717, 1.165) is 60.3 Å². The Labute approximate surface area is 192 Å². The van der Waals surface area contributed by atoms with E-state index < -0.39 is 0 Å². The molecule has 3 aromatic heterocycles. The van der Waals surface area contributed by atoms with E-state index in [2.05, 4.69) is 44.2 Å². The lowest BCUT2D eigenvalue weighted by molar-refractivity contribution is -0.0402. The van der Waals surface area contributed by atoms with E-state index in [-0.39, 0.29) is 5.60 Å². The van der Waals surface area contributed by atoms with Gasteiger partial charge in [0.1, 0.15) is 4.83 Å². The number of nitrogens with zero attached hydrogens (tertiary/aromatic N) is 4. The summed E-state index contributed by atoms with van der Waals surface area (Å²) in [4.78, 5) is 18.7. The van der Waals surface area contributed by atoms with Gasteiger partial charge in [0.15, 0.2) is 11.0 Å². The van der Waals surface area contributed by atoms with E-state index in [9.17, 15) is 0 Å². The topological polar surface area (TPSA) is 63.2 Å². The van der Waals surface area contributed by atoms with Crippen LogP contribution in [0.15, 0.2) is 5.16 Å². The summed E-state index contributed by atoms with van der Waals surface area (Å²) in [6, 6.07) is 0. The van der Waals surface area contributed by atoms with Crippen molar-refractivity contribution in [1.82, 2.24) is 20.3 Å². The van der Waals surface area contributed by atoms with Crippen LogP contribution in [-0.2, 0) is 24.2 Å². The molecule has 8 heteroatoms. The van der Waals surface area contributed by atoms with E-state index >= 15 is 0 Å². The number of hydrogen-bond acceptors (Lipinski definition) is 8. The summed E-state index contributed by atoms with van der Waals surface area (Å²) in [5.41, 5.74) is 4.77. The molecule has 0 bridgehead atoms. The monoisotopic (exact) mass is 457 g/mol. The molecule has 0 atom stereocenters. The second-order valence-electron chi connectivity index (χ2n) is 9.57. The van der Waals surface area contributed by atoms with Gasteiger partial charge >= 0.3 is 0 Å². The molecule has 3 aromatic rings. The molecule has 1 saturated heterocycles. The van der Waals surface area contributed by atoms with E-state index in [1.165, 1.54) is 26.9 Å². The molecule has 0 aromatic carbocycles. The zero-order valence-corrected chi connectivity index (χ0v) is 20.7. The molecule has 0 unspecified atom stereocenters. The van der Waals surface area contributed by atoms with Crippen molar-refractivity contribution in [1.29, 1.82) is 0 Å². The highest BCUT2D eigenvalue weighted by atomic mass is 32.2. The van der Waals surface area contributed by atoms with Crippen LogP contribution in [0.2, 0.25) is 0 Å². The number of ether oxygens (including phenoxy) is 1. The van der Waals surface area contributed by atoms with Gasteiger partial charge in [-0.1, -0.05) is 25.6 Å². The Bertz CT molecular complexity index is 1130. The minimum atomic E-state index is -0.179. The van der Waals surface area contributed by atoms with Crippen molar-refractivity contribution in [3.8, 4) is 0 Å². The molecule has 0 aliphatic carbocycles. The van der Waals surface area contributed by atoms with E-state index in [1.54, 1.807) is 23.1 Å². The van der Waals surface area contributed by atoms with Crippen molar-refractivity contribution >= 4 is 49.3 Å². The van der Waals surface area contributed by atoms with Gasteiger partial charge in [0.05, 0.1) is 22.4 Å². The Balaban J connectivity index is 1.80. The standard InChI is InChI=1S/C23H31N5OS2/c1-13(2)10-16-15-12-29-23(3,4)11-14(15)17-18-19(31-21(17)25-16)20(27-22(26-18)30-5)28-8-6-24-7-9-28/h13,24H,6-12H2,1-5H3. The van der Waals surface area contributed by atoms with Gasteiger partial charge in [-0.05, 0) is 38.0 Å². The Morgan fingerprint density at radius 3 is 2.65 bits per heavy atom. The summed E-state index contributed by atoms with van der Waals surface area (Å²) in [7, 11) is 0. The van der Waals surface area contributed by atoms with Gasteiger partial charge in [-0.2, -0.15) is 0 Å². The number of aromatic nitrogens is 3. The van der Waals surface area contributed by atoms with Gasteiger partial charge in [0.2, 0.25) is 0 Å². The first-order valence-electron chi connectivity index (χ1n) is 11.1. The van der Waals surface area contributed by atoms with Crippen LogP contribution in [0.3, 0.4) is 0 Å². The summed E-state index contributed by atoms with van der Waals surface area (Å²) in [6.45, 7) is 13.4. The van der Waals surface area contributed by atoms with E-state index in [1.807, 2.05) is 0 Å². The van der Waals surface area contributed by atoms with Crippen LogP contribution in [0.1, 0.15) is 44.5 Å². The number of nitrogens with one attached hydrogen (secondary N) is 1. The Morgan fingerprint density at radius 2 is 1.94 bits per heavy atom. The van der Waals surface area contributed by atoms with E-state index in [0.29, 0.717) is 12.5 Å². The largest absolute Gasteiger partial charge is 0.370 e. The first-order chi connectivity index (χ1) is 14.9. The zero-order chi connectivity index (χ0) is 21.8. The van der Waals surface area contributed by atoms with Crippen molar-refractivity contribution in [2.24, 2.45) is 5.92 Å². The summed E-state index contributed by atoms with van der Waals surface area (Å²) in [5, 5.41) is 5.52. The first kappa shape index (κ1) is 21.4. The van der Waals surface area contributed by atoms with Crippen LogP contribution in [-0.4, -0.2) is 53.0 Å². The number of pyridine rings is 1. The van der Waals surface area contributed by atoms with Crippen molar-refractivity contribution in [3.63, 3.8) is 0 Å². The SMILES string of the molecule is CSc1nc(N2CCNCC2)c2sc3nc(CC(C)C)c4c(c3c2n1)CC(C)(C)OC4. The molecule has 5 rings (SSSR count). The van der Waals surface area contributed by atoms with Crippen LogP contribution < -0.4 is 10.2 Å². The highest BCUT2D eigenvalue weighted by Gasteiger charge is 2.32. The molecule has 1 fully saturated rings. The van der Waals surface area contributed by atoms with E-state index in [4.69, 9.17) is 19.7 Å². The average molecular weight is 458 g/mol. The molecule has 5 heterocycles. The van der Waals surface area contributed by atoms with Crippen molar-refractivity contribution in [2.75, 3.05) is 37.3 Å². The van der Waals surface area contributed by atoms with Crippen molar-refractivity contribution in [2.45, 2.75) is 57.9 Å². The smallest absolute Gasteiger partial charge is 0.189 e. The summed E-state index contributed by atoms with van der Waals surface area (Å²) in [5.74, 6) is 1.63. The molecule has 31 heavy (non-hydrogen) atoms. The number of anilines is 1. The summed E-state index contributed by atoms with van der Waals surface area (Å²) < 4.78 is 7.40. The Kier molecular flexibility index (Phi) is 5.61. The van der Waals surface area contributed by atoms with Gasteiger partial charge in [0.25, 0.3) is 0 Å².